The van der Waals surface area contributed by atoms with Gasteiger partial charge in [0.25, 0.3) is 0 Å². The van der Waals surface area contributed by atoms with E-state index < -0.39 is 0 Å². The number of amides is 1. The van der Waals surface area contributed by atoms with E-state index >= 15 is 0 Å². The van der Waals surface area contributed by atoms with Crippen LogP contribution < -0.4 is 5.32 Å². The highest BCUT2D eigenvalue weighted by molar-refractivity contribution is 5.66. The van der Waals surface area contributed by atoms with Gasteiger partial charge < -0.3 is 10.1 Å². The van der Waals surface area contributed by atoms with Crippen LogP contribution in [0.15, 0.2) is 0 Å². The number of hydrogen-bond donors (Lipinski definition) is 1. The standard InChI is InChI=1S/C12H23NO2/c1-12(2,9-13-11(14)15-3)10-7-5-4-6-8-10/h10H,4-9H2,1-3H3,(H,13,14). The number of carbonyl (C=O) groups is 1. The lowest BCUT2D eigenvalue weighted by Crippen LogP contribution is -2.39. The maximum Gasteiger partial charge on any atom is 0.406 e. The van der Waals surface area contributed by atoms with Crippen LogP contribution in [0.2, 0.25) is 0 Å². The van der Waals surface area contributed by atoms with Crippen molar-refractivity contribution in [3.8, 4) is 0 Å². The molecule has 0 spiro atoms. The molecule has 0 saturated heterocycles. The highest BCUT2D eigenvalue weighted by Crippen LogP contribution is 2.37. The van der Waals surface area contributed by atoms with Gasteiger partial charge in [-0.3, -0.25) is 0 Å². The third-order valence-electron chi connectivity index (χ3n) is 3.58. The van der Waals surface area contributed by atoms with Gasteiger partial charge in [0.15, 0.2) is 0 Å². The topological polar surface area (TPSA) is 38.3 Å². The second-order valence-electron chi connectivity index (χ2n) is 5.17. The summed E-state index contributed by atoms with van der Waals surface area (Å²) < 4.78 is 4.58. The zero-order valence-electron chi connectivity index (χ0n) is 10.1. The fraction of sp³-hybridized carbons (Fsp3) is 0.917. The van der Waals surface area contributed by atoms with E-state index in [0.29, 0.717) is 6.54 Å². The molecular formula is C12H23NO2. The molecule has 15 heavy (non-hydrogen) atoms. The zero-order valence-corrected chi connectivity index (χ0v) is 10.1. The average Bonchev–Trinajstić information content (AvgIpc) is 2.27. The fourth-order valence-electron chi connectivity index (χ4n) is 2.40. The summed E-state index contributed by atoms with van der Waals surface area (Å²) in [7, 11) is 1.41. The lowest BCUT2D eigenvalue weighted by molar-refractivity contribution is 0.136. The lowest BCUT2D eigenvalue weighted by Gasteiger charge is -2.37. The Balaban J connectivity index is 2.38. The van der Waals surface area contributed by atoms with Gasteiger partial charge in [0.1, 0.15) is 0 Å². The molecule has 1 aliphatic rings. The molecule has 1 N–H and O–H groups in total. The minimum Gasteiger partial charge on any atom is -0.453 e. The summed E-state index contributed by atoms with van der Waals surface area (Å²) in [6.07, 6.45) is 6.33. The molecule has 0 heterocycles. The van der Waals surface area contributed by atoms with Crippen molar-refractivity contribution in [2.45, 2.75) is 46.0 Å². The Hall–Kier alpha value is -0.730. The molecule has 0 radical (unpaired) electrons. The molecule has 1 amide bonds. The van der Waals surface area contributed by atoms with Crippen molar-refractivity contribution in [1.82, 2.24) is 5.32 Å². The lowest BCUT2D eigenvalue weighted by atomic mass is 9.71. The van der Waals surface area contributed by atoms with Crippen molar-refractivity contribution in [3.63, 3.8) is 0 Å². The summed E-state index contributed by atoms with van der Waals surface area (Å²) in [4.78, 5) is 11.0. The Morgan fingerprint density at radius 3 is 2.47 bits per heavy atom. The first kappa shape index (κ1) is 12.3. The van der Waals surface area contributed by atoms with E-state index in [9.17, 15) is 4.79 Å². The van der Waals surface area contributed by atoms with Crippen LogP contribution in [0.4, 0.5) is 4.79 Å². The number of alkyl carbamates (subject to hydrolysis) is 1. The first-order chi connectivity index (χ1) is 7.06. The molecule has 3 heteroatoms. The molecule has 0 bridgehead atoms. The minimum atomic E-state index is -0.320. The van der Waals surface area contributed by atoms with Crippen LogP contribution in [0.3, 0.4) is 0 Å². The number of ether oxygens (including phenoxy) is 1. The Morgan fingerprint density at radius 2 is 1.93 bits per heavy atom. The third kappa shape index (κ3) is 3.73. The molecule has 1 rings (SSSR count). The molecule has 0 atom stereocenters. The SMILES string of the molecule is COC(=O)NCC(C)(C)C1CCCCC1. The van der Waals surface area contributed by atoms with Gasteiger partial charge in [-0.1, -0.05) is 33.1 Å². The Labute approximate surface area is 92.6 Å². The van der Waals surface area contributed by atoms with Gasteiger partial charge >= 0.3 is 6.09 Å². The number of nitrogens with one attached hydrogen (secondary N) is 1. The van der Waals surface area contributed by atoms with Crippen LogP contribution in [0.5, 0.6) is 0 Å². The number of methoxy groups -OCH3 is 1. The van der Waals surface area contributed by atoms with E-state index in [4.69, 9.17) is 0 Å². The highest BCUT2D eigenvalue weighted by atomic mass is 16.5. The van der Waals surface area contributed by atoms with Crippen LogP contribution in [-0.4, -0.2) is 19.7 Å². The van der Waals surface area contributed by atoms with Crippen LogP contribution in [0.25, 0.3) is 0 Å². The summed E-state index contributed by atoms with van der Waals surface area (Å²) in [5.74, 6) is 0.739. The van der Waals surface area contributed by atoms with Crippen LogP contribution in [-0.2, 0) is 4.74 Å². The van der Waals surface area contributed by atoms with Crippen molar-refractivity contribution in [2.24, 2.45) is 11.3 Å². The van der Waals surface area contributed by atoms with Gasteiger partial charge in [0.2, 0.25) is 0 Å². The second-order valence-corrected chi connectivity index (χ2v) is 5.17. The molecule has 1 fully saturated rings. The minimum absolute atomic E-state index is 0.189. The monoisotopic (exact) mass is 213 g/mol. The van der Waals surface area contributed by atoms with E-state index in [1.54, 1.807) is 0 Å². The molecule has 88 valence electrons. The number of rotatable bonds is 3. The highest BCUT2D eigenvalue weighted by Gasteiger charge is 2.30. The molecule has 1 aliphatic carbocycles. The van der Waals surface area contributed by atoms with Gasteiger partial charge in [-0.2, -0.15) is 0 Å². The number of hydrogen-bond acceptors (Lipinski definition) is 2. The van der Waals surface area contributed by atoms with Gasteiger partial charge in [-0.15, -0.1) is 0 Å². The summed E-state index contributed by atoms with van der Waals surface area (Å²) in [5.41, 5.74) is 0.189. The predicted octanol–water partition coefficient (Wildman–Crippen LogP) is 2.95. The van der Waals surface area contributed by atoms with E-state index in [1.165, 1.54) is 39.2 Å². The van der Waals surface area contributed by atoms with Crippen LogP contribution in [0, 0.1) is 11.3 Å². The van der Waals surface area contributed by atoms with Gasteiger partial charge in [0.05, 0.1) is 7.11 Å². The third-order valence-corrected chi connectivity index (χ3v) is 3.58. The molecule has 1 saturated carbocycles. The van der Waals surface area contributed by atoms with Gasteiger partial charge in [0, 0.05) is 6.54 Å². The molecule has 0 aromatic rings. The first-order valence-corrected chi connectivity index (χ1v) is 5.88. The smallest absolute Gasteiger partial charge is 0.406 e. The van der Waals surface area contributed by atoms with Crippen molar-refractivity contribution >= 4 is 6.09 Å². The van der Waals surface area contributed by atoms with Crippen molar-refractivity contribution < 1.29 is 9.53 Å². The van der Waals surface area contributed by atoms with Crippen molar-refractivity contribution in [2.75, 3.05) is 13.7 Å². The van der Waals surface area contributed by atoms with Gasteiger partial charge in [-0.05, 0) is 24.2 Å². The molecule has 0 unspecified atom stereocenters. The quantitative estimate of drug-likeness (QED) is 0.782. The molecule has 0 aliphatic heterocycles. The summed E-state index contributed by atoms with van der Waals surface area (Å²) in [6, 6.07) is 0. The van der Waals surface area contributed by atoms with E-state index in [-0.39, 0.29) is 11.5 Å². The van der Waals surface area contributed by atoms with E-state index in [0.717, 1.165) is 5.92 Å². The van der Waals surface area contributed by atoms with Gasteiger partial charge in [-0.25, -0.2) is 4.79 Å². The largest absolute Gasteiger partial charge is 0.453 e. The Kier molecular flexibility index (Phi) is 4.43. The zero-order chi connectivity index (χ0) is 11.3. The Bertz CT molecular complexity index is 208. The summed E-state index contributed by atoms with van der Waals surface area (Å²) >= 11 is 0. The predicted molar refractivity (Wildman–Crippen MR) is 60.8 cm³/mol. The average molecular weight is 213 g/mol. The number of carbonyl (C=O) groups excluding carboxylic acids is 1. The van der Waals surface area contributed by atoms with Crippen molar-refractivity contribution in [1.29, 1.82) is 0 Å². The summed E-state index contributed by atoms with van der Waals surface area (Å²) in [6.45, 7) is 5.18. The second kappa shape index (κ2) is 5.38. The normalized spacial score (nSPS) is 18.6. The maximum absolute atomic E-state index is 11.0. The van der Waals surface area contributed by atoms with Crippen molar-refractivity contribution in [3.05, 3.63) is 0 Å². The van der Waals surface area contributed by atoms with E-state index in [1.807, 2.05) is 0 Å². The van der Waals surface area contributed by atoms with Crippen LogP contribution in [0.1, 0.15) is 46.0 Å². The molecule has 3 nitrogen and oxygen atoms in total. The molecular weight excluding hydrogens is 190 g/mol. The molecule has 0 aromatic carbocycles. The van der Waals surface area contributed by atoms with Crippen LogP contribution >= 0.6 is 0 Å². The maximum atomic E-state index is 11.0. The Morgan fingerprint density at radius 1 is 1.33 bits per heavy atom. The fourth-order valence-corrected chi connectivity index (χ4v) is 2.40. The van der Waals surface area contributed by atoms with E-state index in [2.05, 4.69) is 23.9 Å². The first-order valence-electron chi connectivity index (χ1n) is 5.88. The molecule has 0 aromatic heterocycles. The summed E-state index contributed by atoms with van der Waals surface area (Å²) in [5, 5.41) is 2.81.